The van der Waals surface area contributed by atoms with Gasteiger partial charge in [0.2, 0.25) is 5.91 Å². The van der Waals surface area contributed by atoms with E-state index in [1.54, 1.807) is 25.6 Å². The van der Waals surface area contributed by atoms with Gasteiger partial charge in [-0.2, -0.15) is 0 Å². The molecule has 1 N–H and O–H groups in total. The highest BCUT2D eigenvalue weighted by molar-refractivity contribution is 7.99. The zero-order valence-electron chi connectivity index (χ0n) is 19.8. The highest BCUT2D eigenvalue weighted by Crippen LogP contribution is 2.34. The van der Waals surface area contributed by atoms with Gasteiger partial charge in [0.25, 0.3) is 0 Å². The third-order valence-electron chi connectivity index (χ3n) is 5.22. The Morgan fingerprint density at radius 3 is 2.51 bits per heavy atom. The monoisotopic (exact) mass is 506 g/mol. The molecule has 0 saturated carbocycles. The van der Waals surface area contributed by atoms with Crippen LogP contribution in [0, 0.1) is 6.92 Å². The van der Waals surface area contributed by atoms with Gasteiger partial charge >= 0.3 is 0 Å². The van der Waals surface area contributed by atoms with E-state index in [0.29, 0.717) is 29.5 Å². The second kappa shape index (κ2) is 11.8. The van der Waals surface area contributed by atoms with Crippen LogP contribution in [-0.2, 0) is 11.2 Å². The molecule has 0 spiro atoms. The first-order chi connectivity index (χ1) is 17.1. The van der Waals surface area contributed by atoms with Gasteiger partial charge in [-0.05, 0) is 43.2 Å². The molecule has 0 unspecified atom stereocenters. The van der Waals surface area contributed by atoms with Crippen molar-refractivity contribution in [1.29, 1.82) is 0 Å². The smallest absolute Gasteiger partial charge is 0.230 e. The van der Waals surface area contributed by atoms with Crippen LogP contribution < -0.4 is 14.8 Å². The van der Waals surface area contributed by atoms with Crippen LogP contribution in [-0.4, -0.2) is 47.6 Å². The Bertz CT molecular complexity index is 1280. The summed E-state index contributed by atoms with van der Waals surface area (Å²) in [6, 6.07) is 19.7. The van der Waals surface area contributed by atoms with Crippen LogP contribution in [0.15, 0.2) is 65.7 Å². The van der Waals surface area contributed by atoms with E-state index in [9.17, 15) is 4.79 Å². The molecule has 2 aromatic carbocycles. The number of thioether (sulfide) groups is 1. The molecule has 0 radical (unpaired) electrons. The van der Waals surface area contributed by atoms with Crippen LogP contribution in [0.25, 0.3) is 21.1 Å². The minimum absolute atomic E-state index is 0.0489. The molecule has 0 aliphatic heterocycles. The summed E-state index contributed by atoms with van der Waals surface area (Å²) in [7, 11) is 3.21. The number of hydrogen-bond donors (Lipinski definition) is 1. The first kappa shape index (κ1) is 24.7. The first-order valence-corrected chi connectivity index (χ1v) is 12.8. The summed E-state index contributed by atoms with van der Waals surface area (Å²) >= 11 is 2.96. The van der Waals surface area contributed by atoms with Gasteiger partial charge in [0, 0.05) is 12.1 Å². The highest BCUT2D eigenvalue weighted by atomic mass is 32.2. The van der Waals surface area contributed by atoms with Gasteiger partial charge in [-0.25, -0.2) is 4.98 Å². The van der Waals surface area contributed by atoms with Crippen LogP contribution in [0.3, 0.4) is 0 Å². The van der Waals surface area contributed by atoms with Gasteiger partial charge in [-0.15, -0.1) is 21.5 Å². The van der Waals surface area contributed by atoms with Gasteiger partial charge in [0.05, 0.1) is 30.5 Å². The number of nitrogens with zero attached hydrogens (tertiary/aromatic N) is 3. The van der Waals surface area contributed by atoms with Crippen molar-refractivity contribution >= 4 is 29.0 Å². The molecular weight excluding hydrogens is 480 g/mol. The summed E-state index contributed by atoms with van der Waals surface area (Å²) in [4.78, 5) is 18.0. The number of nitrogens with one attached hydrogen (secondary N) is 1. The van der Waals surface area contributed by atoms with Crippen molar-refractivity contribution in [2.75, 3.05) is 26.5 Å². The van der Waals surface area contributed by atoms with Crippen molar-refractivity contribution in [3.63, 3.8) is 0 Å². The van der Waals surface area contributed by atoms with E-state index in [0.717, 1.165) is 32.4 Å². The third-order valence-corrected chi connectivity index (χ3v) is 7.37. The predicted octanol–water partition coefficient (Wildman–Crippen LogP) is 5.04. The number of amides is 1. The Labute approximate surface area is 212 Å². The molecular formula is C26H26N4O3S2. The molecule has 7 nitrogen and oxygen atoms in total. The number of carbonyl (C=O) groups is 1. The summed E-state index contributed by atoms with van der Waals surface area (Å²) in [5, 5.41) is 13.3. The lowest BCUT2D eigenvalue weighted by Gasteiger charge is -2.10. The van der Waals surface area contributed by atoms with Gasteiger partial charge in [0.15, 0.2) is 11.5 Å². The molecule has 2 heterocycles. The molecule has 35 heavy (non-hydrogen) atoms. The Morgan fingerprint density at radius 1 is 1.00 bits per heavy atom. The van der Waals surface area contributed by atoms with Gasteiger partial charge in [0.1, 0.15) is 15.7 Å². The quantitative estimate of drug-likeness (QED) is 0.302. The van der Waals surface area contributed by atoms with E-state index in [1.165, 1.54) is 11.8 Å². The van der Waals surface area contributed by atoms with Crippen molar-refractivity contribution in [2.45, 2.75) is 18.4 Å². The normalized spacial score (nSPS) is 10.7. The fraction of sp³-hybridized carbons (Fsp3) is 0.231. The van der Waals surface area contributed by atoms with E-state index >= 15 is 0 Å². The molecule has 0 fully saturated rings. The second-order valence-electron chi connectivity index (χ2n) is 7.63. The van der Waals surface area contributed by atoms with Gasteiger partial charge < -0.3 is 14.8 Å². The number of methoxy groups -OCH3 is 2. The molecule has 4 rings (SSSR count). The van der Waals surface area contributed by atoms with E-state index < -0.39 is 0 Å². The topological polar surface area (TPSA) is 86.2 Å². The first-order valence-electron chi connectivity index (χ1n) is 11.0. The number of rotatable bonds is 10. The number of hydrogen-bond acceptors (Lipinski definition) is 8. The van der Waals surface area contributed by atoms with Crippen molar-refractivity contribution in [3.05, 3.63) is 71.9 Å². The van der Waals surface area contributed by atoms with Crippen LogP contribution in [0.2, 0.25) is 0 Å². The number of aryl methyl sites for hydroxylation is 1. The van der Waals surface area contributed by atoms with Crippen LogP contribution >= 0.6 is 23.1 Å². The predicted molar refractivity (Wildman–Crippen MR) is 140 cm³/mol. The molecule has 0 saturated heterocycles. The summed E-state index contributed by atoms with van der Waals surface area (Å²) in [6.07, 6.45) is 0.699. The largest absolute Gasteiger partial charge is 0.493 e. The molecule has 180 valence electrons. The number of thiazole rings is 1. The Morgan fingerprint density at radius 2 is 1.80 bits per heavy atom. The standard InChI is InChI=1S/C26H26N4O3S2/c1-17-25(35-26(28-17)19-7-5-4-6-8-19)20-10-12-24(30-29-20)34-16-23(31)27-14-13-18-9-11-21(32-2)22(15-18)33-3/h4-12,15H,13-14,16H2,1-3H3,(H,27,31). The third kappa shape index (κ3) is 6.37. The SMILES string of the molecule is COc1ccc(CCNC(=O)CSc2ccc(-c3sc(-c4ccccc4)nc3C)nn2)cc1OC. The summed E-state index contributed by atoms with van der Waals surface area (Å²) in [5.74, 6) is 1.59. The van der Waals surface area contributed by atoms with E-state index in [4.69, 9.17) is 9.47 Å². The average molecular weight is 507 g/mol. The number of aromatic nitrogens is 3. The van der Waals surface area contributed by atoms with E-state index in [2.05, 4.69) is 20.5 Å². The molecule has 1 amide bonds. The van der Waals surface area contributed by atoms with Crippen LogP contribution in [0.5, 0.6) is 11.5 Å². The second-order valence-corrected chi connectivity index (χ2v) is 9.63. The Balaban J connectivity index is 1.27. The number of benzene rings is 2. The van der Waals surface area contributed by atoms with Crippen molar-refractivity contribution < 1.29 is 14.3 Å². The fourth-order valence-electron chi connectivity index (χ4n) is 3.43. The maximum absolute atomic E-state index is 12.3. The van der Waals surface area contributed by atoms with E-state index in [1.807, 2.05) is 67.6 Å². The van der Waals surface area contributed by atoms with Crippen molar-refractivity contribution in [1.82, 2.24) is 20.5 Å². The number of carbonyl (C=O) groups excluding carboxylic acids is 1. The fourth-order valence-corrected chi connectivity index (χ4v) is 5.11. The molecule has 9 heteroatoms. The minimum atomic E-state index is -0.0489. The molecule has 0 bridgehead atoms. The maximum atomic E-state index is 12.3. The summed E-state index contributed by atoms with van der Waals surface area (Å²) in [6.45, 7) is 2.52. The molecule has 0 atom stereocenters. The lowest BCUT2D eigenvalue weighted by atomic mass is 10.1. The van der Waals surface area contributed by atoms with Crippen LogP contribution in [0.1, 0.15) is 11.3 Å². The zero-order chi connectivity index (χ0) is 24.6. The van der Waals surface area contributed by atoms with E-state index in [-0.39, 0.29) is 11.7 Å². The van der Waals surface area contributed by atoms with Crippen LogP contribution in [0.4, 0.5) is 0 Å². The number of ether oxygens (including phenoxy) is 2. The average Bonchev–Trinajstić information content (AvgIpc) is 3.29. The molecule has 0 aliphatic carbocycles. The minimum Gasteiger partial charge on any atom is -0.493 e. The Hall–Kier alpha value is -3.43. The Kier molecular flexibility index (Phi) is 8.33. The molecule has 0 aliphatic rings. The lowest BCUT2D eigenvalue weighted by Crippen LogP contribution is -2.27. The maximum Gasteiger partial charge on any atom is 0.230 e. The molecule has 2 aromatic heterocycles. The van der Waals surface area contributed by atoms with Gasteiger partial charge in [-0.3, -0.25) is 4.79 Å². The van der Waals surface area contributed by atoms with Gasteiger partial charge in [-0.1, -0.05) is 48.2 Å². The molecule has 4 aromatic rings. The highest BCUT2D eigenvalue weighted by Gasteiger charge is 2.13. The van der Waals surface area contributed by atoms with Crippen molar-refractivity contribution in [3.8, 4) is 32.6 Å². The zero-order valence-corrected chi connectivity index (χ0v) is 21.4. The lowest BCUT2D eigenvalue weighted by molar-refractivity contribution is -0.118. The van der Waals surface area contributed by atoms with Crippen molar-refractivity contribution in [2.24, 2.45) is 0 Å². The summed E-state index contributed by atoms with van der Waals surface area (Å²) in [5.41, 5.74) is 3.86. The summed E-state index contributed by atoms with van der Waals surface area (Å²) < 4.78 is 10.6.